The van der Waals surface area contributed by atoms with Crippen LogP contribution in [0, 0.1) is 11.6 Å². The minimum atomic E-state index is -1.07. The average Bonchev–Trinajstić information content (AvgIpc) is 2.84. The van der Waals surface area contributed by atoms with Gasteiger partial charge in [0, 0.05) is 23.7 Å². The summed E-state index contributed by atoms with van der Waals surface area (Å²) in [5.74, 6) is -1.16. The smallest absolute Gasteiger partial charge is 0.129 e. The molecule has 2 rings (SSSR count). The van der Waals surface area contributed by atoms with Gasteiger partial charge in [0.1, 0.15) is 16.6 Å². The van der Waals surface area contributed by atoms with E-state index in [1.54, 1.807) is 13.2 Å². The van der Waals surface area contributed by atoms with E-state index in [-0.39, 0.29) is 12.1 Å². The van der Waals surface area contributed by atoms with Gasteiger partial charge in [-0.15, -0.1) is 11.3 Å². The van der Waals surface area contributed by atoms with Gasteiger partial charge in [-0.05, 0) is 25.2 Å². The predicted molar refractivity (Wildman–Crippen MR) is 69.8 cm³/mol. The van der Waals surface area contributed by atoms with E-state index in [4.69, 9.17) is 0 Å². The summed E-state index contributed by atoms with van der Waals surface area (Å²) < 4.78 is 26.5. The quantitative estimate of drug-likeness (QED) is 0.917. The van der Waals surface area contributed by atoms with Crippen LogP contribution in [0.25, 0.3) is 0 Å². The molecule has 0 saturated carbocycles. The van der Waals surface area contributed by atoms with Crippen LogP contribution in [0.3, 0.4) is 0 Å². The zero-order valence-electron chi connectivity index (χ0n) is 10.4. The molecule has 0 radical (unpaired) electrons. The summed E-state index contributed by atoms with van der Waals surface area (Å²) >= 11 is 1.51. The van der Waals surface area contributed by atoms with Gasteiger partial charge in [0.05, 0.1) is 12.6 Å². The lowest BCUT2D eigenvalue weighted by Crippen LogP contribution is -2.24. The third kappa shape index (κ3) is 3.79. The molecular formula is C13H14F2N2OS. The van der Waals surface area contributed by atoms with Crippen LogP contribution in [0.5, 0.6) is 0 Å². The second-order valence-corrected chi connectivity index (χ2v) is 5.28. The highest BCUT2D eigenvalue weighted by molar-refractivity contribution is 7.09. The van der Waals surface area contributed by atoms with E-state index in [1.807, 2.05) is 10.3 Å². The first kappa shape index (κ1) is 14.0. The first-order valence-electron chi connectivity index (χ1n) is 5.76. The van der Waals surface area contributed by atoms with Gasteiger partial charge in [-0.2, -0.15) is 0 Å². The van der Waals surface area contributed by atoms with Crippen molar-refractivity contribution < 1.29 is 13.9 Å². The van der Waals surface area contributed by atoms with Crippen molar-refractivity contribution in [2.45, 2.75) is 12.6 Å². The summed E-state index contributed by atoms with van der Waals surface area (Å²) in [5.41, 5.74) is -0.0222. The molecule has 0 fully saturated rings. The molecule has 2 aromatic rings. The zero-order chi connectivity index (χ0) is 13.8. The number of benzene rings is 1. The van der Waals surface area contributed by atoms with Gasteiger partial charge in [-0.3, -0.25) is 4.90 Å². The molecule has 3 nitrogen and oxygen atoms in total. The van der Waals surface area contributed by atoms with E-state index in [0.29, 0.717) is 6.54 Å². The van der Waals surface area contributed by atoms with E-state index in [9.17, 15) is 13.9 Å². The second-order valence-electron chi connectivity index (χ2n) is 4.30. The van der Waals surface area contributed by atoms with Gasteiger partial charge in [-0.25, -0.2) is 13.8 Å². The molecule has 1 heterocycles. The molecule has 0 aliphatic rings. The molecule has 0 aliphatic heterocycles. The number of hydrogen-bond acceptors (Lipinski definition) is 4. The van der Waals surface area contributed by atoms with Crippen LogP contribution in [0.1, 0.15) is 16.7 Å². The molecule has 1 aromatic heterocycles. The molecule has 1 unspecified atom stereocenters. The van der Waals surface area contributed by atoms with Crippen molar-refractivity contribution in [3.05, 3.63) is 52.0 Å². The molecule has 0 saturated heterocycles. The van der Waals surface area contributed by atoms with Crippen LogP contribution >= 0.6 is 11.3 Å². The SMILES string of the molecule is CN(Cc1nccs1)CC(O)c1cc(F)ccc1F. The van der Waals surface area contributed by atoms with Crippen molar-refractivity contribution in [1.82, 2.24) is 9.88 Å². The Labute approximate surface area is 114 Å². The number of halogens is 2. The number of aliphatic hydroxyl groups is 1. The number of thiazole rings is 1. The molecular weight excluding hydrogens is 270 g/mol. The van der Waals surface area contributed by atoms with E-state index in [2.05, 4.69) is 4.98 Å². The van der Waals surface area contributed by atoms with Gasteiger partial charge in [0.2, 0.25) is 0 Å². The molecule has 6 heteroatoms. The highest BCUT2D eigenvalue weighted by atomic mass is 32.1. The Balaban J connectivity index is 2.00. The number of aliphatic hydroxyl groups excluding tert-OH is 1. The fourth-order valence-electron chi connectivity index (χ4n) is 1.79. The molecule has 102 valence electrons. The zero-order valence-corrected chi connectivity index (χ0v) is 11.2. The second kappa shape index (κ2) is 6.18. The number of likely N-dealkylation sites (N-methyl/N-ethyl adjacent to an activating group) is 1. The maximum atomic E-state index is 13.5. The average molecular weight is 284 g/mol. The Hall–Kier alpha value is -1.37. The summed E-state index contributed by atoms with van der Waals surface area (Å²) in [6.45, 7) is 0.769. The minimum Gasteiger partial charge on any atom is -0.387 e. The van der Waals surface area contributed by atoms with Crippen LogP contribution in [-0.2, 0) is 6.54 Å². The fourth-order valence-corrected chi connectivity index (χ4v) is 2.49. The summed E-state index contributed by atoms with van der Waals surface area (Å²) in [6, 6.07) is 3.08. The first-order valence-corrected chi connectivity index (χ1v) is 6.64. The van der Waals surface area contributed by atoms with Crippen molar-refractivity contribution in [3.63, 3.8) is 0 Å². The molecule has 1 aromatic carbocycles. The normalized spacial score (nSPS) is 12.9. The monoisotopic (exact) mass is 284 g/mol. The number of nitrogens with zero attached hydrogens (tertiary/aromatic N) is 2. The largest absolute Gasteiger partial charge is 0.387 e. The molecule has 1 atom stereocenters. The first-order chi connectivity index (χ1) is 9.06. The lowest BCUT2D eigenvalue weighted by Gasteiger charge is -2.20. The van der Waals surface area contributed by atoms with Crippen LogP contribution in [0.15, 0.2) is 29.8 Å². The summed E-state index contributed by atoms with van der Waals surface area (Å²) in [7, 11) is 1.79. The third-order valence-corrected chi connectivity index (χ3v) is 3.45. The van der Waals surface area contributed by atoms with E-state index in [1.165, 1.54) is 11.3 Å². The van der Waals surface area contributed by atoms with E-state index in [0.717, 1.165) is 23.2 Å². The van der Waals surface area contributed by atoms with Crippen molar-refractivity contribution in [3.8, 4) is 0 Å². The topological polar surface area (TPSA) is 36.4 Å². The van der Waals surface area contributed by atoms with Gasteiger partial charge in [-0.1, -0.05) is 0 Å². The Morgan fingerprint density at radius 1 is 1.42 bits per heavy atom. The number of aromatic nitrogens is 1. The Morgan fingerprint density at radius 2 is 2.21 bits per heavy atom. The Morgan fingerprint density at radius 3 is 2.89 bits per heavy atom. The van der Waals surface area contributed by atoms with Gasteiger partial charge in [0.15, 0.2) is 0 Å². The Kier molecular flexibility index (Phi) is 4.57. The number of rotatable bonds is 5. The minimum absolute atomic E-state index is 0.0222. The summed E-state index contributed by atoms with van der Waals surface area (Å²) in [5, 5.41) is 12.7. The van der Waals surface area contributed by atoms with Crippen LogP contribution in [0.2, 0.25) is 0 Å². The third-order valence-electron chi connectivity index (χ3n) is 2.69. The highest BCUT2D eigenvalue weighted by Gasteiger charge is 2.16. The Bertz CT molecular complexity index is 533. The van der Waals surface area contributed by atoms with Crippen LogP contribution in [0.4, 0.5) is 8.78 Å². The molecule has 0 spiro atoms. The van der Waals surface area contributed by atoms with Crippen LogP contribution in [-0.4, -0.2) is 28.6 Å². The molecule has 0 amide bonds. The van der Waals surface area contributed by atoms with Gasteiger partial charge < -0.3 is 5.11 Å². The predicted octanol–water partition coefficient (Wildman–Crippen LogP) is 2.59. The van der Waals surface area contributed by atoms with Gasteiger partial charge >= 0.3 is 0 Å². The molecule has 0 bridgehead atoms. The fraction of sp³-hybridized carbons (Fsp3) is 0.308. The van der Waals surface area contributed by atoms with Gasteiger partial charge in [0.25, 0.3) is 0 Å². The summed E-state index contributed by atoms with van der Waals surface area (Å²) in [6.07, 6.45) is 0.636. The van der Waals surface area contributed by atoms with E-state index < -0.39 is 17.7 Å². The summed E-state index contributed by atoms with van der Waals surface area (Å²) in [4.78, 5) is 5.94. The van der Waals surface area contributed by atoms with Crippen molar-refractivity contribution in [2.75, 3.05) is 13.6 Å². The maximum absolute atomic E-state index is 13.5. The van der Waals surface area contributed by atoms with Crippen molar-refractivity contribution >= 4 is 11.3 Å². The van der Waals surface area contributed by atoms with E-state index >= 15 is 0 Å². The molecule has 1 N–H and O–H groups in total. The lowest BCUT2D eigenvalue weighted by atomic mass is 10.1. The van der Waals surface area contributed by atoms with Crippen LogP contribution < -0.4 is 0 Å². The molecule has 19 heavy (non-hydrogen) atoms. The number of hydrogen-bond donors (Lipinski definition) is 1. The maximum Gasteiger partial charge on any atom is 0.129 e. The standard InChI is InChI=1S/C13H14F2N2OS/c1-17(8-13-16-4-5-19-13)7-12(18)10-6-9(14)2-3-11(10)15/h2-6,12,18H,7-8H2,1H3. The lowest BCUT2D eigenvalue weighted by molar-refractivity contribution is 0.120. The van der Waals surface area contributed by atoms with Crippen molar-refractivity contribution in [1.29, 1.82) is 0 Å². The molecule has 0 aliphatic carbocycles. The highest BCUT2D eigenvalue weighted by Crippen LogP contribution is 2.19. The van der Waals surface area contributed by atoms with Crippen molar-refractivity contribution in [2.24, 2.45) is 0 Å².